The minimum Gasteiger partial charge on any atom is -0.480 e. The third-order valence-corrected chi connectivity index (χ3v) is 3.29. The van der Waals surface area contributed by atoms with Crippen LogP contribution < -0.4 is 10.6 Å². The van der Waals surface area contributed by atoms with E-state index in [4.69, 9.17) is 0 Å². The van der Waals surface area contributed by atoms with Crippen LogP contribution in [0.1, 0.15) is 59.3 Å². The summed E-state index contributed by atoms with van der Waals surface area (Å²) in [5, 5.41) is 14.4. The molecule has 0 rings (SSSR count). The van der Waals surface area contributed by atoms with Crippen LogP contribution in [0.3, 0.4) is 0 Å². The fraction of sp³-hybridized carbons (Fsp3) is 0.846. The Bertz CT molecular complexity index is 263. The Hall–Kier alpha value is -1.26. The first kappa shape index (κ1) is 16.7. The molecule has 0 aromatic rings. The van der Waals surface area contributed by atoms with Gasteiger partial charge in [0.15, 0.2) is 0 Å². The van der Waals surface area contributed by atoms with E-state index in [1.54, 1.807) is 13.8 Å². The Morgan fingerprint density at radius 2 is 1.67 bits per heavy atom. The molecule has 0 aliphatic heterocycles. The zero-order valence-corrected chi connectivity index (χ0v) is 11.7. The van der Waals surface area contributed by atoms with E-state index in [9.17, 15) is 14.7 Å². The van der Waals surface area contributed by atoms with Gasteiger partial charge in [0.2, 0.25) is 0 Å². The standard InChI is InChI=1S/C13H26N2O3/c1-4-7-8-9-10-14-12(18)15-13(5-2,6-3)11(16)17/h4-10H2,1-3H3,(H,16,17)(H2,14,15,18). The van der Waals surface area contributed by atoms with Crippen LogP contribution in [-0.4, -0.2) is 29.2 Å². The SMILES string of the molecule is CCCCCCNC(=O)NC(CC)(CC)C(=O)O. The molecule has 0 bridgehead atoms. The van der Waals surface area contributed by atoms with Gasteiger partial charge in [-0.25, -0.2) is 9.59 Å². The maximum absolute atomic E-state index is 11.6. The van der Waals surface area contributed by atoms with Crippen molar-refractivity contribution < 1.29 is 14.7 Å². The van der Waals surface area contributed by atoms with Crippen LogP contribution in [0.4, 0.5) is 4.79 Å². The fourth-order valence-electron chi connectivity index (χ4n) is 1.80. The van der Waals surface area contributed by atoms with Crippen LogP contribution >= 0.6 is 0 Å². The Morgan fingerprint density at radius 1 is 1.06 bits per heavy atom. The first-order valence-corrected chi connectivity index (χ1v) is 6.81. The van der Waals surface area contributed by atoms with Gasteiger partial charge in [-0.3, -0.25) is 0 Å². The number of aliphatic carboxylic acids is 1. The largest absolute Gasteiger partial charge is 0.480 e. The second-order valence-corrected chi connectivity index (χ2v) is 4.54. The molecule has 5 heteroatoms. The third-order valence-electron chi connectivity index (χ3n) is 3.29. The van der Waals surface area contributed by atoms with Crippen LogP contribution in [0.25, 0.3) is 0 Å². The molecule has 5 nitrogen and oxygen atoms in total. The highest BCUT2D eigenvalue weighted by Crippen LogP contribution is 2.15. The molecule has 0 saturated heterocycles. The quantitative estimate of drug-likeness (QED) is 0.556. The lowest BCUT2D eigenvalue weighted by Crippen LogP contribution is -2.56. The minimum atomic E-state index is -1.15. The van der Waals surface area contributed by atoms with Gasteiger partial charge in [-0.05, 0) is 19.3 Å². The van der Waals surface area contributed by atoms with Gasteiger partial charge in [-0.15, -0.1) is 0 Å². The number of amides is 2. The van der Waals surface area contributed by atoms with Gasteiger partial charge in [0.25, 0.3) is 0 Å². The minimum absolute atomic E-state index is 0.377. The third kappa shape index (κ3) is 5.38. The summed E-state index contributed by atoms with van der Waals surface area (Å²) in [6.07, 6.45) is 5.08. The maximum atomic E-state index is 11.6. The van der Waals surface area contributed by atoms with Gasteiger partial charge in [-0.2, -0.15) is 0 Å². The van der Waals surface area contributed by atoms with Crippen LogP contribution in [-0.2, 0) is 4.79 Å². The Labute approximate surface area is 109 Å². The highest BCUT2D eigenvalue weighted by atomic mass is 16.4. The number of carboxylic acids is 1. The summed E-state index contributed by atoms with van der Waals surface area (Å²) in [6, 6.07) is -0.391. The number of unbranched alkanes of at least 4 members (excludes halogenated alkanes) is 3. The molecule has 0 aliphatic carbocycles. The molecular formula is C13H26N2O3. The average molecular weight is 258 g/mol. The van der Waals surface area contributed by atoms with Crippen LogP contribution in [0.5, 0.6) is 0 Å². The molecule has 0 aliphatic rings. The molecule has 0 saturated carbocycles. The summed E-state index contributed by atoms with van der Waals surface area (Å²) in [5.41, 5.74) is -1.15. The number of carboxylic acid groups (broad SMARTS) is 1. The van der Waals surface area contributed by atoms with Crippen molar-refractivity contribution >= 4 is 12.0 Å². The second-order valence-electron chi connectivity index (χ2n) is 4.54. The maximum Gasteiger partial charge on any atom is 0.329 e. The molecule has 18 heavy (non-hydrogen) atoms. The molecule has 0 unspecified atom stereocenters. The fourth-order valence-corrected chi connectivity index (χ4v) is 1.80. The summed E-state index contributed by atoms with van der Waals surface area (Å²) >= 11 is 0. The Morgan fingerprint density at radius 3 is 2.11 bits per heavy atom. The topological polar surface area (TPSA) is 78.4 Å². The van der Waals surface area contributed by atoms with E-state index in [2.05, 4.69) is 17.6 Å². The van der Waals surface area contributed by atoms with Gasteiger partial charge in [0.1, 0.15) is 5.54 Å². The van der Waals surface area contributed by atoms with Gasteiger partial charge >= 0.3 is 12.0 Å². The smallest absolute Gasteiger partial charge is 0.329 e. The van der Waals surface area contributed by atoms with E-state index in [-0.39, 0.29) is 0 Å². The van der Waals surface area contributed by atoms with E-state index in [1.807, 2.05) is 0 Å². The van der Waals surface area contributed by atoms with Crippen molar-refractivity contribution in [3.8, 4) is 0 Å². The van der Waals surface area contributed by atoms with Gasteiger partial charge < -0.3 is 15.7 Å². The van der Waals surface area contributed by atoms with Crippen molar-refractivity contribution in [2.24, 2.45) is 0 Å². The highest BCUT2D eigenvalue weighted by Gasteiger charge is 2.36. The summed E-state index contributed by atoms with van der Waals surface area (Å²) in [7, 11) is 0. The van der Waals surface area contributed by atoms with Gasteiger partial charge in [-0.1, -0.05) is 40.0 Å². The van der Waals surface area contributed by atoms with E-state index in [1.165, 1.54) is 0 Å². The molecule has 0 heterocycles. The van der Waals surface area contributed by atoms with Gasteiger partial charge in [0.05, 0.1) is 0 Å². The molecule has 106 valence electrons. The lowest BCUT2D eigenvalue weighted by molar-refractivity contribution is -0.144. The second kappa shape index (κ2) is 8.78. The predicted molar refractivity (Wildman–Crippen MR) is 71.6 cm³/mol. The van der Waals surface area contributed by atoms with Crippen molar-refractivity contribution in [3.63, 3.8) is 0 Å². The number of hydrogen-bond donors (Lipinski definition) is 3. The summed E-state index contributed by atoms with van der Waals surface area (Å²) in [6.45, 7) is 6.25. The lowest BCUT2D eigenvalue weighted by Gasteiger charge is -2.28. The predicted octanol–water partition coefficient (Wildman–Crippen LogP) is 2.51. The number of carbonyl (C=O) groups excluding carboxylic acids is 1. The van der Waals surface area contributed by atoms with E-state index >= 15 is 0 Å². The highest BCUT2D eigenvalue weighted by molar-refractivity contribution is 5.86. The molecule has 3 N–H and O–H groups in total. The number of nitrogens with one attached hydrogen (secondary N) is 2. The molecule has 0 radical (unpaired) electrons. The first-order valence-electron chi connectivity index (χ1n) is 6.81. The van der Waals surface area contributed by atoms with Crippen molar-refractivity contribution in [1.29, 1.82) is 0 Å². The van der Waals surface area contributed by atoms with Crippen molar-refractivity contribution in [1.82, 2.24) is 10.6 Å². The summed E-state index contributed by atoms with van der Waals surface area (Å²) < 4.78 is 0. The lowest BCUT2D eigenvalue weighted by atomic mass is 9.93. The molecular weight excluding hydrogens is 232 g/mol. The molecule has 0 spiro atoms. The Balaban J connectivity index is 4.08. The van der Waals surface area contributed by atoms with Crippen LogP contribution in [0, 0.1) is 0 Å². The van der Waals surface area contributed by atoms with E-state index in [0.29, 0.717) is 19.4 Å². The van der Waals surface area contributed by atoms with Crippen LogP contribution in [0.15, 0.2) is 0 Å². The summed E-state index contributed by atoms with van der Waals surface area (Å²) in [5.74, 6) is -0.978. The van der Waals surface area contributed by atoms with E-state index in [0.717, 1.165) is 25.7 Å². The number of rotatable bonds is 9. The molecule has 0 aromatic heterocycles. The molecule has 0 fully saturated rings. The summed E-state index contributed by atoms with van der Waals surface area (Å²) in [4.78, 5) is 22.8. The number of carbonyl (C=O) groups is 2. The zero-order valence-electron chi connectivity index (χ0n) is 11.7. The first-order chi connectivity index (χ1) is 8.52. The van der Waals surface area contributed by atoms with E-state index < -0.39 is 17.5 Å². The Kier molecular flexibility index (Phi) is 8.16. The van der Waals surface area contributed by atoms with Gasteiger partial charge in [0, 0.05) is 6.54 Å². The van der Waals surface area contributed by atoms with Crippen molar-refractivity contribution in [2.75, 3.05) is 6.54 Å². The molecule has 0 atom stereocenters. The van der Waals surface area contributed by atoms with Crippen molar-refractivity contribution in [3.05, 3.63) is 0 Å². The van der Waals surface area contributed by atoms with Crippen molar-refractivity contribution in [2.45, 2.75) is 64.8 Å². The monoisotopic (exact) mass is 258 g/mol. The average Bonchev–Trinajstić information content (AvgIpc) is 2.35. The zero-order chi connectivity index (χ0) is 14.0. The molecule has 2 amide bonds. The number of hydrogen-bond acceptors (Lipinski definition) is 2. The number of urea groups is 1. The normalized spacial score (nSPS) is 11.1. The molecule has 0 aromatic carbocycles. The van der Waals surface area contributed by atoms with Crippen LogP contribution in [0.2, 0.25) is 0 Å².